The lowest BCUT2D eigenvalue weighted by molar-refractivity contribution is -0.295. The van der Waals surface area contributed by atoms with Crippen molar-refractivity contribution in [3.05, 3.63) is 22.2 Å². The summed E-state index contributed by atoms with van der Waals surface area (Å²) >= 11 is 0. The largest absolute Gasteiger partial charge is 0.467 e. The summed E-state index contributed by atoms with van der Waals surface area (Å²) in [7, 11) is -1.11. The fraction of sp³-hybridized carbons (Fsp3) is 0.579. The van der Waals surface area contributed by atoms with E-state index in [1.807, 2.05) is 0 Å². The third kappa shape index (κ3) is 4.56. The normalized spacial score (nSPS) is 19.6. The number of hydrogen-bond donors (Lipinski definition) is 1. The van der Waals surface area contributed by atoms with E-state index in [4.69, 9.17) is 14.1 Å². The Kier molecular flexibility index (Phi) is 6.22. The monoisotopic (exact) mass is 469 g/mol. The first-order valence-corrected chi connectivity index (χ1v) is 12.2. The van der Waals surface area contributed by atoms with Crippen LogP contribution in [0.1, 0.15) is 27.2 Å². The number of aromatic nitrogens is 2. The molecule has 12 nitrogen and oxygen atoms in total. The van der Waals surface area contributed by atoms with Crippen molar-refractivity contribution in [2.75, 3.05) is 31.5 Å². The second kappa shape index (κ2) is 8.45. The van der Waals surface area contributed by atoms with E-state index >= 15 is 0 Å². The zero-order valence-electron chi connectivity index (χ0n) is 18.8. The molecule has 0 saturated carbocycles. The molecule has 3 rings (SSSR count). The summed E-state index contributed by atoms with van der Waals surface area (Å²) in [5, 5.41) is 22.6. The molecule has 0 radical (unpaired) electrons. The molecule has 0 aliphatic carbocycles. The molecule has 1 aliphatic rings. The fourth-order valence-electron chi connectivity index (χ4n) is 3.49. The van der Waals surface area contributed by atoms with Gasteiger partial charge in [0, 0.05) is 41.7 Å². The van der Waals surface area contributed by atoms with E-state index in [2.05, 4.69) is 15.6 Å². The van der Waals surface area contributed by atoms with Crippen LogP contribution in [-0.4, -0.2) is 75.5 Å². The van der Waals surface area contributed by atoms with E-state index in [0.717, 1.165) is 0 Å². The first-order chi connectivity index (χ1) is 14.8. The molecule has 2 unspecified atom stereocenters. The summed E-state index contributed by atoms with van der Waals surface area (Å²) in [4.78, 5) is 38.2. The number of benzene rings is 1. The molecular formula is C19H27N5O7S. The molecule has 13 heteroatoms. The molecule has 0 spiro atoms. The number of esters is 1. The maximum Gasteiger partial charge on any atom is 0.411 e. The zero-order chi connectivity index (χ0) is 23.8. The van der Waals surface area contributed by atoms with Crippen LogP contribution in [0.15, 0.2) is 21.7 Å². The fourth-order valence-corrected chi connectivity index (χ4v) is 4.65. The van der Waals surface area contributed by atoms with Crippen LogP contribution in [0.4, 0.5) is 10.5 Å². The molecule has 1 aromatic carbocycles. The number of rotatable bonds is 5. The number of carbonyl (C=O) groups excluding carboxylic acids is 2. The highest BCUT2D eigenvalue weighted by Gasteiger charge is 2.42. The molecule has 1 N–H and O–H groups in total. The summed E-state index contributed by atoms with van der Waals surface area (Å²) in [6.45, 7) is 5.42. The van der Waals surface area contributed by atoms with Gasteiger partial charge >= 0.3 is 12.1 Å². The predicted octanol–water partition coefficient (Wildman–Crippen LogP) is 2.80. The maximum atomic E-state index is 12.6. The molecule has 1 aromatic heterocycles. The summed E-state index contributed by atoms with van der Waals surface area (Å²) < 4.78 is 14.8. The minimum Gasteiger partial charge on any atom is -0.467 e. The number of likely N-dealkylation sites (tertiary alicyclic amines) is 1. The molecule has 1 aliphatic heterocycles. The van der Waals surface area contributed by atoms with Crippen LogP contribution in [0, 0.1) is 10.1 Å². The number of methoxy groups -OCH3 is 1. The van der Waals surface area contributed by atoms with Gasteiger partial charge in [0.2, 0.25) is 0 Å². The van der Waals surface area contributed by atoms with E-state index in [1.54, 1.807) is 45.4 Å². The van der Waals surface area contributed by atoms with Crippen LogP contribution in [0.5, 0.6) is 0 Å². The highest BCUT2D eigenvalue weighted by Crippen LogP contribution is 2.52. The average molecular weight is 470 g/mol. The standard InChI is InChI=1S/C19H27N5O7S/c1-19(2,3)30-18(26)23-10-11(9-13(23)17(25)29-4)20-12-7-8-14(32(5,6)24(27)28)16-15(12)21-31-22-16/h7-8,11,13,20H,9-10H2,1-6H3. The number of ether oxygens (including phenoxy) is 2. The smallest absolute Gasteiger partial charge is 0.411 e. The van der Waals surface area contributed by atoms with E-state index in [0.29, 0.717) is 21.6 Å². The molecule has 2 atom stereocenters. The zero-order valence-corrected chi connectivity index (χ0v) is 19.6. The second-order valence-electron chi connectivity index (χ2n) is 8.82. The Bertz CT molecular complexity index is 1050. The Morgan fingerprint density at radius 3 is 2.53 bits per heavy atom. The Hall–Kier alpha value is -3.09. The third-order valence-electron chi connectivity index (χ3n) is 5.05. The van der Waals surface area contributed by atoms with Gasteiger partial charge in [0.05, 0.1) is 22.0 Å². The molecule has 2 aromatic rings. The molecule has 1 amide bonds. The van der Waals surface area contributed by atoms with Gasteiger partial charge in [-0.25, -0.2) is 14.2 Å². The third-order valence-corrected chi connectivity index (χ3v) is 7.20. The predicted molar refractivity (Wildman–Crippen MR) is 117 cm³/mol. The lowest BCUT2D eigenvalue weighted by atomic mass is 10.1. The first-order valence-electron chi connectivity index (χ1n) is 9.82. The first kappa shape index (κ1) is 23.6. The molecule has 1 saturated heterocycles. The van der Waals surface area contributed by atoms with Gasteiger partial charge in [-0.3, -0.25) is 15.0 Å². The van der Waals surface area contributed by atoms with E-state index in [-0.39, 0.29) is 23.3 Å². The van der Waals surface area contributed by atoms with Crippen molar-refractivity contribution in [2.45, 2.75) is 49.8 Å². The van der Waals surface area contributed by atoms with E-state index < -0.39 is 33.9 Å². The number of nitro groups is 1. The second-order valence-corrected chi connectivity index (χ2v) is 12.1. The summed E-state index contributed by atoms with van der Waals surface area (Å²) in [6, 6.07) is 2.16. The highest BCUT2D eigenvalue weighted by molar-refractivity contribution is 8.27. The van der Waals surface area contributed by atoms with Gasteiger partial charge in [0.25, 0.3) is 0 Å². The highest BCUT2D eigenvalue weighted by atomic mass is 32.3. The molecule has 32 heavy (non-hydrogen) atoms. The van der Waals surface area contributed by atoms with Crippen molar-refractivity contribution in [3.8, 4) is 0 Å². The molecule has 176 valence electrons. The van der Waals surface area contributed by atoms with Crippen LogP contribution in [0.3, 0.4) is 0 Å². The number of nitrogens with one attached hydrogen (secondary N) is 1. The van der Waals surface area contributed by atoms with Gasteiger partial charge in [0.15, 0.2) is 11.0 Å². The van der Waals surface area contributed by atoms with E-state index in [1.165, 1.54) is 12.0 Å². The van der Waals surface area contributed by atoms with Gasteiger partial charge in [-0.15, -0.1) is 0 Å². The number of hydrogen-bond acceptors (Lipinski definition) is 10. The van der Waals surface area contributed by atoms with Crippen molar-refractivity contribution < 1.29 is 28.0 Å². The summed E-state index contributed by atoms with van der Waals surface area (Å²) in [5.74, 6) is -0.542. The number of amides is 1. The summed E-state index contributed by atoms with van der Waals surface area (Å²) in [6.07, 6.45) is 2.78. The number of anilines is 1. The van der Waals surface area contributed by atoms with Crippen LogP contribution >= 0.6 is 10.2 Å². The SMILES string of the molecule is COC(=O)C1CC(Nc2ccc(S(C)(C)[N+](=O)[O-])c3nonc23)CN1C(=O)OC(C)(C)C. The van der Waals surface area contributed by atoms with Crippen molar-refractivity contribution in [1.82, 2.24) is 15.2 Å². The Morgan fingerprint density at radius 1 is 1.28 bits per heavy atom. The van der Waals surface area contributed by atoms with Gasteiger partial charge in [-0.2, -0.15) is 0 Å². The lowest BCUT2D eigenvalue weighted by Crippen LogP contribution is -2.44. The van der Waals surface area contributed by atoms with Crippen molar-refractivity contribution >= 4 is 39.0 Å². The summed E-state index contributed by atoms with van der Waals surface area (Å²) in [5.41, 5.74) is 0.459. The van der Waals surface area contributed by atoms with Crippen LogP contribution in [0.25, 0.3) is 11.0 Å². The number of fused-ring (bicyclic) bond motifs is 1. The van der Waals surface area contributed by atoms with Gasteiger partial charge < -0.3 is 14.8 Å². The molecule has 2 heterocycles. The maximum absolute atomic E-state index is 12.6. The van der Waals surface area contributed by atoms with Gasteiger partial charge in [-0.1, -0.05) is 0 Å². The van der Waals surface area contributed by atoms with Crippen LogP contribution in [0.2, 0.25) is 0 Å². The minimum absolute atomic E-state index is 0.189. The van der Waals surface area contributed by atoms with Crippen molar-refractivity contribution in [2.24, 2.45) is 0 Å². The van der Waals surface area contributed by atoms with E-state index in [9.17, 15) is 19.7 Å². The molecule has 0 bridgehead atoms. The van der Waals surface area contributed by atoms with Gasteiger partial charge in [-0.05, 0) is 43.2 Å². The average Bonchev–Trinajstić information content (AvgIpc) is 3.33. The minimum atomic E-state index is -2.38. The Morgan fingerprint density at radius 2 is 1.94 bits per heavy atom. The Labute approximate surface area is 186 Å². The van der Waals surface area contributed by atoms with Gasteiger partial charge in [0.1, 0.15) is 11.6 Å². The number of carbonyl (C=O) groups is 2. The number of nitrogens with zero attached hydrogens (tertiary/aromatic N) is 4. The van der Waals surface area contributed by atoms with Crippen LogP contribution in [-0.2, 0) is 14.3 Å². The van der Waals surface area contributed by atoms with Crippen molar-refractivity contribution in [1.29, 1.82) is 0 Å². The molecule has 1 fully saturated rings. The quantitative estimate of drug-likeness (QED) is 0.393. The Balaban J connectivity index is 1.87. The van der Waals surface area contributed by atoms with Crippen molar-refractivity contribution in [3.63, 3.8) is 0 Å². The molecular weight excluding hydrogens is 442 g/mol. The van der Waals surface area contributed by atoms with Crippen LogP contribution < -0.4 is 5.32 Å². The lowest BCUT2D eigenvalue weighted by Gasteiger charge is -2.27. The topological polar surface area (TPSA) is 150 Å².